The Kier molecular flexibility index (Phi) is 4.68. The first-order valence-corrected chi connectivity index (χ1v) is 8.09. The van der Waals surface area contributed by atoms with Crippen molar-refractivity contribution in [1.29, 1.82) is 0 Å². The second kappa shape index (κ2) is 6.72. The molecule has 1 unspecified atom stereocenters. The van der Waals surface area contributed by atoms with Gasteiger partial charge >= 0.3 is 0 Å². The third-order valence-electron chi connectivity index (χ3n) is 4.36. The van der Waals surface area contributed by atoms with Crippen molar-refractivity contribution in [3.05, 3.63) is 34.9 Å². The van der Waals surface area contributed by atoms with E-state index in [1.165, 1.54) is 0 Å². The zero-order chi connectivity index (χ0) is 16.4. The number of rotatable bonds is 5. The van der Waals surface area contributed by atoms with Gasteiger partial charge in [-0.05, 0) is 43.3 Å². The first kappa shape index (κ1) is 16.0. The van der Waals surface area contributed by atoms with Crippen LogP contribution in [-0.4, -0.2) is 40.0 Å². The Morgan fingerprint density at radius 3 is 2.78 bits per heavy atom. The summed E-state index contributed by atoms with van der Waals surface area (Å²) in [5, 5.41) is 4.36. The topological polar surface area (TPSA) is 44.5 Å². The molecule has 0 N–H and O–H groups in total. The number of hydrogen-bond acceptors (Lipinski definition) is 5. The largest absolute Gasteiger partial charge is 0.497 e. The van der Waals surface area contributed by atoms with Crippen LogP contribution in [0.25, 0.3) is 0 Å². The van der Waals surface area contributed by atoms with Crippen molar-refractivity contribution in [3.63, 3.8) is 0 Å². The fourth-order valence-corrected chi connectivity index (χ4v) is 3.29. The summed E-state index contributed by atoms with van der Waals surface area (Å²) in [7, 11) is 5.31. The predicted molar refractivity (Wildman–Crippen MR) is 90.3 cm³/mol. The van der Waals surface area contributed by atoms with Gasteiger partial charge in [0.25, 0.3) is 0 Å². The van der Waals surface area contributed by atoms with Crippen LogP contribution in [0.1, 0.15) is 24.4 Å². The highest BCUT2D eigenvalue weighted by Crippen LogP contribution is 2.39. The number of benzene rings is 1. The zero-order valence-corrected chi connectivity index (χ0v) is 14.5. The van der Waals surface area contributed by atoms with Crippen LogP contribution in [0.2, 0.25) is 0 Å². The highest BCUT2D eigenvalue weighted by atomic mass is 32.1. The third-order valence-corrected chi connectivity index (χ3v) is 4.86. The first-order chi connectivity index (χ1) is 11.1. The van der Waals surface area contributed by atoms with Gasteiger partial charge in [0.05, 0.1) is 20.9 Å². The second-order valence-electron chi connectivity index (χ2n) is 5.74. The van der Waals surface area contributed by atoms with Gasteiger partial charge < -0.3 is 14.0 Å². The van der Waals surface area contributed by atoms with Crippen LogP contribution in [0.5, 0.6) is 11.5 Å². The summed E-state index contributed by atoms with van der Waals surface area (Å²) in [5.74, 6) is 1.74. The van der Waals surface area contributed by atoms with E-state index >= 15 is 0 Å². The van der Waals surface area contributed by atoms with E-state index in [1.54, 1.807) is 20.5 Å². The third kappa shape index (κ3) is 3.11. The molecule has 2 aromatic rings. The van der Waals surface area contributed by atoms with Gasteiger partial charge in [-0.2, -0.15) is 5.10 Å². The summed E-state index contributed by atoms with van der Waals surface area (Å²) in [6.07, 6.45) is 3.98. The van der Waals surface area contributed by atoms with E-state index in [-0.39, 0.29) is 6.04 Å². The Labute approximate surface area is 141 Å². The van der Waals surface area contributed by atoms with E-state index < -0.39 is 0 Å². The molecular weight excluding hydrogens is 312 g/mol. The Bertz CT molecular complexity index is 740. The van der Waals surface area contributed by atoms with Crippen LogP contribution in [0, 0.1) is 4.77 Å². The first-order valence-electron chi connectivity index (χ1n) is 7.68. The van der Waals surface area contributed by atoms with E-state index in [9.17, 15) is 0 Å². The van der Waals surface area contributed by atoms with E-state index in [2.05, 4.69) is 16.1 Å². The lowest BCUT2D eigenvalue weighted by molar-refractivity contribution is 0.186. The van der Waals surface area contributed by atoms with Gasteiger partial charge in [-0.3, -0.25) is 4.90 Å². The molecule has 1 fully saturated rings. The molecule has 0 saturated carbocycles. The Balaban J connectivity index is 1.89. The van der Waals surface area contributed by atoms with Gasteiger partial charge in [-0.1, -0.05) is 0 Å². The van der Waals surface area contributed by atoms with Crippen molar-refractivity contribution in [1.82, 2.24) is 19.2 Å². The number of aromatic nitrogens is 3. The number of nitrogens with zero attached hydrogens (tertiary/aromatic N) is 4. The van der Waals surface area contributed by atoms with Gasteiger partial charge in [0.1, 0.15) is 17.8 Å². The average molecular weight is 334 g/mol. The number of aryl methyl sites for hydroxylation is 1. The summed E-state index contributed by atoms with van der Waals surface area (Å²) in [4.78, 5) is 2.39. The number of methoxy groups -OCH3 is 2. The highest BCUT2D eigenvalue weighted by molar-refractivity contribution is 7.71. The van der Waals surface area contributed by atoms with Crippen molar-refractivity contribution in [2.75, 3.05) is 20.8 Å². The van der Waals surface area contributed by atoms with Gasteiger partial charge in [0.15, 0.2) is 4.77 Å². The lowest BCUT2D eigenvalue weighted by atomic mass is 10.0. The minimum atomic E-state index is 0.281. The van der Waals surface area contributed by atoms with Crippen LogP contribution in [-0.2, 0) is 13.7 Å². The lowest BCUT2D eigenvalue weighted by Crippen LogP contribution is -2.27. The summed E-state index contributed by atoms with van der Waals surface area (Å²) < 4.78 is 15.4. The second-order valence-corrected chi connectivity index (χ2v) is 6.11. The summed E-state index contributed by atoms with van der Waals surface area (Å²) in [5.41, 5.74) is 1.16. The van der Waals surface area contributed by atoms with Gasteiger partial charge in [0.2, 0.25) is 0 Å². The molecule has 1 aliphatic rings. The Morgan fingerprint density at radius 1 is 1.30 bits per heavy atom. The molecule has 0 bridgehead atoms. The van der Waals surface area contributed by atoms with Gasteiger partial charge in [-0.15, -0.1) is 0 Å². The highest BCUT2D eigenvalue weighted by Gasteiger charge is 2.29. The molecule has 6 nitrogen and oxygen atoms in total. The van der Waals surface area contributed by atoms with Crippen LogP contribution in [0.3, 0.4) is 0 Å². The lowest BCUT2D eigenvalue weighted by Gasteiger charge is -2.26. The van der Waals surface area contributed by atoms with E-state index in [4.69, 9.17) is 21.7 Å². The van der Waals surface area contributed by atoms with Crippen LogP contribution in [0.15, 0.2) is 24.5 Å². The molecule has 1 aromatic carbocycles. The maximum absolute atomic E-state index is 5.55. The maximum atomic E-state index is 5.55. The number of ether oxygens (including phenoxy) is 2. The van der Waals surface area contributed by atoms with Crippen molar-refractivity contribution >= 4 is 12.2 Å². The fraction of sp³-hybridized carbons (Fsp3) is 0.500. The van der Waals surface area contributed by atoms with Gasteiger partial charge in [0, 0.05) is 25.2 Å². The molecule has 0 spiro atoms. The standard InChI is InChI=1S/C16H22N4O2S/c1-18-10-17-20(16(18)23)11-19-8-4-5-14(19)13-9-12(21-2)6-7-15(13)22-3/h6-7,9-10,14H,4-5,8,11H2,1-3H3. The molecule has 3 rings (SSSR count). The summed E-state index contributed by atoms with van der Waals surface area (Å²) in [6.45, 7) is 1.70. The molecule has 1 atom stereocenters. The molecule has 124 valence electrons. The van der Waals surface area contributed by atoms with Crippen molar-refractivity contribution in [3.8, 4) is 11.5 Å². The molecule has 0 aliphatic carbocycles. The van der Waals surface area contributed by atoms with Crippen LogP contribution in [0.4, 0.5) is 0 Å². The van der Waals surface area contributed by atoms with Crippen LogP contribution >= 0.6 is 12.2 Å². The minimum absolute atomic E-state index is 0.281. The smallest absolute Gasteiger partial charge is 0.198 e. The summed E-state index contributed by atoms with van der Waals surface area (Å²) >= 11 is 5.40. The minimum Gasteiger partial charge on any atom is -0.497 e. The molecule has 7 heteroatoms. The fourth-order valence-electron chi connectivity index (χ4n) is 3.14. The van der Waals surface area contributed by atoms with E-state index in [0.29, 0.717) is 6.67 Å². The van der Waals surface area contributed by atoms with Crippen molar-refractivity contribution in [2.24, 2.45) is 7.05 Å². The molecule has 1 aromatic heterocycles. The summed E-state index contributed by atoms with van der Waals surface area (Å²) in [6, 6.07) is 6.25. The molecule has 0 radical (unpaired) electrons. The average Bonchev–Trinajstić information content (AvgIpc) is 3.16. The molecular formula is C16H22N4O2S. The monoisotopic (exact) mass is 334 g/mol. The van der Waals surface area contributed by atoms with Crippen molar-refractivity contribution in [2.45, 2.75) is 25.6 Å². The molecule has 1 saturated heterocycles. The SMILES string of the molecule is COc1ccc(OC)c(C2CCCN2Cn2ncn(C)c2=S)c1. The van der Waals surface area contributed by atoms with E-state index in [0.717, 1.165) is 41.2 Å². The Morgan fingerprint density at radius 2 is 2.13 bits per heavy atom. The van der Waals surface area contributed by atoms with Gasteiger partial charge in [-0.25, -0.2) is 4.68 Å². The maximum Gasteiger partial charge on any atom is 0.198 e. The molecule has 1 aliphatic heterocycles. The normalized spacial score (nSPS) is 18.3. The quantitative estimate of drug-likeness (QED) is 0.787. The van der Waals surface area contributed by atoms with Crippen LogP contribution < -0.4 is 9.47 Å². The van der Waals surface area contributed by atoms with E-state index in [1.807, 2.05) is 28.4 Å². The number of hydrogen-bond donors (Lipinski definition) is 0. The predicted octanol–water partition coefficient (Wildman–Crippen LogP) is 2.76. The molecule has 23 heavy (non-hydrogen) atoms. The molecule has 0 amide bonds. The Hall–Kier alpha value is -1.86. The van der Waals surface area contributed by atoms with Crippen molar-refractivity contribution < 1.29 is 9.47 Å². The zero-order valence-electron chi connectivity index (χ0n) is 13.7. The number of likely N-dealkylation sites (tertiary alicyclic amines) is 1. The molecule has 2 heterocycles.